The average Bonchev–Trinajstić information content (AvgIpc) is 2.62. The van der Waals surface area contributed by atoms with Crippen molar-refractivity contribution in [2.75, 3.05) is 37.8 Å². The highest BCUT2D eigenvalue weighted by Gasteiger charge is 2.33. The highest BCUT2D eigenvalue weighted by molar-refractivity contribution is 7.89. The highest BCUT2D eigenvalue weighted by atomic mass is 32.2. The normalized spacial score (nSPS) is 18.3. The number of nitrogens with one attached hydrogen (secondary N) is 1. The van der Waals surface area contributed by atoms with Gasteiger partial charge in [0.05, 0.1) is 18.2 Å². The molecule has 1 heterocycles. The molecular formula is C18H27N3O4S. The third-order valence-corrected chi connectivity index (χ3v) is 6.45. The SMILES string of the molecule is CCCS(=O)(=O)N1CCCC(C(=O)N(C)CC(=O)Nc2ccccc2)C1. The lowest BCUT2D eigenvalue weighted by Gasteiger charge is -2.33. The summed E-state index contributed by atoms with van der Waals surface area (Å²) >= 11 is 0. The smallest absolute Gasteiger partial charge is 0.243 e. The number of amides is 2. The fourth-order valence-corrected chi connectivity index (χ4v) is 4.70. The molecule has 2 rings (SSSR count). The summed E-state index contributed by atoms with van der Waals surface area (Å²) in [6.45, 7) is 2.42. The minimum atomic E-state index is -3.31. The minimum absolute atomic E-state index is 0.0636. The van der Waals surface area contributed by atoms with Crippen molar-refractivity contribution in [3.8, 4) is 0 Å². The Balaban J connectivity index is 1.91. The summed E-state index contributed by atoms with van der Waals surface area (Å²) in [4.78, 5) is 26.1. The maximum atomic E-state index is 12.6. The molecule has 0 spiro atoms. The molecule has 0 aliphatic carbocycles. The molecule has 1 unspecified atom stereocenters. The molecule has 2 amide bonds. The molecule has 1 atom stereocenters. The van der Waals surface area contributed by atoms with Crippen LogP contribution in [0, 0.1) is 5.92 Å². The molecule has 26 heavy (non-hydrogen) atoms. The molecule has 1 aliphatic heterocycles. The summed E-state index contributed by atoms with van der Waals surface area (Å²) in [5.41, 5.74) is 0.674. The summed E-state index contributed by atoms with van der Waals surface area (Å²) < 4.78 is 25.9. The van der Waals surface area contributed by atoms with E-state index in [-0.39, 0.29) is 30.7 Å². The topological polar surface area (TPSA) is 86.8 Å². The Bertz CT molecular complexity index is 721. The fraction of sp³-hybridized carbons (Fsp3) is 0.556. The van der Waals surface area contributed by atoms with Crippen LogP contribution in [0.3, 0.4) is 0 Å². The van der Waals surface area contributed by atoms with Crippen molar-refractivity contribution in [3.63, 3.8) is 0 Å². The van der Waals surface area contributed by atoms with Crippen molar-refractivity contribution in [1.29, 1.82) is 0 Å². The third-order valence-electron chi connectivity index (χ3n) is 4.40. The number of carbonyl (C=O) groups is 2. The van der Waals surface area contributed by atoms with E-state index in [2.05, 4.69) is 5.32 Å². The van der Waals surface area contributed by atoms with Crippen LogP contribution in [0.15, 0.2) is 30.3 Å². The monoisotopic (exact) mass is 381 g/mol. The van der Waals surface area contributed by atoms with Crippen molar-refractivity contribution < 1.29 is 18.0 Å². The summed E-state index contributed by atoms with van der Waals surface area (Å²) in [7, 11) is -1.73. The highest BCUT2D eigenvalue weighted by Crippen LogP contribution is 2.21. The third kappa shape index (κ3) is 5.54. The molecule has 0 radical (unpaired) electrons. The number of rotatable bonds is 7. The van der Waals surface area contributed by atoms with Gasteiger partial charge in [-0.2, -0.15) is 0 Å². The predicted octanol–water partition coefficient (Wildman–Crippen LogP) is 1.54. The van der Waals surface area contributed by atoms with Crippen LogP contribution in [0.5, 0.6) is 0 Å². The zero-order chi connectivity index (χ0) is 19.2. The van der Waals surface area contributed by atoms with E-state index in [0.717, 1.165) is 0 Å². The summed E-state index contributed by atoms with van der Waals surface area (Å²) in [6.07, 6.45) is 1.85. The van der Waals surface area contributed by atoms with E-state index in [0.29, 0.717) is 31.5 Å². The zero-order valence-electron chi connectivity index (χ0n) is 15.3. The Morgan fingerprint density at radius 3 is 2.62 bits per heavy atom. The number of hydrogen-bond donors (Lipinski definition) is 1. The van der Waals surface area contributed by atoms with Gasteiger partial charge in [0.1, 0.15) is 0 Å². The number of anilines is 1. The summed E-state index contributed by atoms with van der Waals surface area (Å²) in [5, 5.41) is 2.74. The molecule has 1 aromatic rings. The molecular weight excluding hydrogens is 354 g/mol. The number of piperidine rings is 1. The molecule has 0 bridgehead atoms. The van der Waals surface area contributed by atoms with Crippen LogP contribution >= 0.6 is 0 Å². The van der Waals surface area contributed by atoms with Crippen LogP contribution in [0.25, 0.3) is 0 Å². The first-order valence-corrected chi connectivity index (χ1v) is 10.5. The van der Waals surface area contributed by atoms with Gasteiger partial charge >= 0.3 is 0 Å². The van der Waals surface area contributed by atoms with Crippen molar-refractivity contribution in [2.45, 2.75) is 26.2 Å². The van der Waals surface area contributed by atoms with Gasteiger partial charge in [-0.15, -0.1) is 0 Å². The lowest BCUT2D eigenvalue weighted by atomic mass is 9.98. The Hall–Kier alpha value is -1.93. The van der Waals surface area contributed by atoms with E-state index in [1.807, 2.05) is 25.1 Å². The second-order valence-corrected chi connectivity index (χ2v) is 8.71. The first-order valence-electron chi connectivity index (χ1n) is 8.91. The number of carbonyl (C=O) groups excluding carboxylic acids is 2. The van der Waals surface area contributed by atoms with Crippen molar-refractivity contribution in [2.24, 2.45) is 5.92 Å². The Kier molecular flexibility index (Phi) is 7.16. The van der Waals surface area contributed by atoms with E-state index in [1.165, 1.54) is 9.21 Å². The molecule has 8 heteroatoms. The average molecular weight is 381 g/mol. The molecule has 7 nitrogen and oxygen atoms in total. The van der Waals surface area contributed by atoms with Gasteiger partial charge in [-0.1, -0.05) is 25.1 Å². The Morgan fingerprint density at radius 1 is 1.27 bits per heavy atom. The van der Waals surface area contributed by atoms with E-state index >= 15 is 0 Å². The van der Waals surface area contributed by atoms with Crippen LogP contribution in [0.1, 0.15) is 26.2 Å². The van der Waals surface area contributed by atoms with E-state index in [4.69, 9.17) is 0 Å². The van der Waals surface area contributed by atoms with Gasteiger partial charge in [0.25, 0.3) is 0 Å². The first-order chi connectivity index (χ1) is 12.3. The second-order valence-electron chi connectivity index (χ2n) is 6.62. The predicted molar refractivity (Wildman–Crippen MR) is 101 cm³/mol. The van der Waals surface area contributed by atoms with Gasteiger partial charge in [-0.25, -0.2) is 12.7 Å². The quantitative estimate of drug-likeness (QED) is 0.776. The molecule has 1 saturated heterocycles. The number of sulfonamides is 1. The molecule has 1 N–H and O–H groups in total. The second kappa shape index (κ2) is 9.14. The number of benzene rings is 1. The van der Waals surface area contributed by atoms with Crippen molar-refractivity contribution in [1.82, 2.24) is 9.21 Å². The largest absolute Gasteiger partial charge is 0.336 e. The molecule has 144 valence electrons. The number of para-hydroxylation sites is 1. The van der Waals surface area contributed by atoms with Crippen LogP contribution < -0.4 is 5.32 Å². The Labute approximate surface area is 155 Å². The molecule has 1 aliphatic rings. The zero-order valence-corrected chi connectivity index (χ0v) is 16.2. The van der Waals surface area contributed by atoms with Crippen LogP contribution in [-0.4, -0.2) is 61.9 Å². The maximum Gasteiger partial charge on any atom is 0.243 e. The van der Waals surface area contributed by atoms with E-state index in [9.17, 15) is 18.0 Å². The Morgan fingerprint density at radius 2 is 1.96 bits per heavy atom. The molecule has 0 saturated carbocycles. The number of likely N-dealkylation sites (N-methyl/N-ethyl adjacent to an activating group) is 1. The number of nitrogens with zero attached hydrogens (tertiary/aromatic N) is 2. The van der Waals surface area contributed by atoms with E-state index in [1.54, 1.807) is 19.2 Å². The van der Waals surface area contributed by atoms with Crippen LogP contribution in [0.2, 0.25) is 0 Å². The minimum Gasteiger partial charge on any atom is -0.336 e. The van der Waals surface area contributed by atoms with Gasteiger partial charge in [0.2, 0.25) is 21.8 Å². The maximum absolute atomic E-state index is 12.6. The fourth-order valence-electron chi connectivity index (χ4n) is 3.11. The van der Waals surface area contributed by atoms with Gasteiger partial charge in [0, 0.05) is 25.8 Å². The molecule has 1 fully saturated rings. The van der Waals surface area contributed by atoms with E-state index < -0.39 is 15.9 Å². The molecule has 1 aromatic carbocycles. The first kappa shape index (κ1) is 20.4. The molecule has 0 aromatic heterocycles. The lowest BCUT2D eigenvalue weighted by molar-refractivity contribution is -0.138. The van der Waals surface area contributed by atoms with Gasteiger partial charge in [-0.05, 0) is 31.4 Å². The van der Waals surface area contributed by atoms with Crippen molar-refractivity contribution in [3.05, 3.63) is 30.3 Å². The van der Waals surface area contributed by atoms with Gasteiger partial charge < -0.3 is 10.2 Å². The van der Waals surface area contributed by atoms with Crippen LogP contribution in [-0.2, 0) is 19.6 Å². The summed E-state index contributed by atoms with van der Waals surface area (Å²) in [6, 6.07) is 9.04. The lowest BCUT2D eigenvalue weighted by Crippen LogP contribution is -2.47. The van der Waals surface area contributed by atoms with Gasteiger partial charge in [-0.3, -0.25) is 9.59 Å². The standard InChI is InChI=1S/C18H27N3O4S/c1-3-12-26(24,25)21-11-7-8-15(13-21)18(23)20(2)14-17(22)19-16-9-5-4-6-10-16/h4-6,9-10,15H,3,7-8,11-14H2,1-2H3,(H,19,22). The van der Waals surface area contributed by atoms with Crippen molar-refractivity contribution >= 4 is 27.5 Å². The van der Waals surface area contributed by atoms with Crippen LogP contribution in [0.4, 0.5) is 5.69 Å². The number of hydrogen-bond acceptors (Lipinski definition) is 4. The summed E-state index contributed by atoms with van der Waals surface area (Å²) in [5.74, 6) is -0.767. The van der Waals surface area contributed by atoms with Gasteiger partial charge in [0.15, 0.2) is 0 Å².